The summed E-state index contributed by atoms with van der Waals surface area (Å²) in [4.78, 5) is 0.674. The number of benzene rings is 1. The van der Waals surface area contributed by atoms with Crippen LogP contribution in [0.3, 0.4) is 0 Å². The van der Waals surface area contributed by atoms with Gasteiger partial charge in [-0.3, -0.25) is 0 Å². The van der Waals surface area contributed by atoms with E-state index in [0.29, 0.717) is 16.1 Å². The molecule has 0 aliphatic carbocycles. The molecule has 0 unspecified atom stereocenters. The molecule has 1 aromatic carbocycles. The Hall–Kier alpha value is 1.24. The third kappa shape index (κ3) is 4.08. The Labute approximate surface area is 120 Å². The summed E-state index contributed by atoms with van der Waals surface area (Å²) in [6.45, 7) is 0. The van der Waals surface area contributed by atoms with Crippen LogP contribution in [0.2, 0.25) is 0 Å². The van der Waals surface area contributed by atoms with Crippen LogP contribution >= 0.6 is 47.4 Å². The molecule has 0 saturated heterocycles. The molecule has 13 heavy (non-hydrogen) atoms. The molecule has 0 bridgehead atoms. The minimum atomic E-state index is -1.42. The molecule has 0 saturated carbocycles. The molecule has 2 N–H and O–H groups in total. The van der Waals surface area contributed by atoms with Gasteiger partial charge in [0.15, 0.2) is 0 Å². The van der Waals surface area contributed by atoms with Crippen LogP contribution in [0.1, 0.15) is 5.56 Å². The van der Waals surface area contributed by atoms with Crippen molar-refractivity contribution in [1.29, 1.82) is 0 Å². The number of rotatable bonds is 0. The molecule has 0 aliphatic heterocycles. The molecule has 0 fully saturated rings. The van der Waals surface area contributed by atoms with E-state index < -0.39 is 3.79 Å². The summed E-state index contributed by atoms with van der Waals surface area (Å²) in [5.74, 6) is 0. The first kappa shape index (κ1) is 14.2. The standard InChI is InChI=1S/C7H6Cl3NS.Na/c8-7(9,10)4-1-2-6(12)5(11)3-4;/h1-3,12H,11H2;. The van der Waals surface area contributed by atoms with E-state index in [1.807, 2.05) is 0 Å². The Bertz CT molecular complexity index is 300. The van der Waals surface area contributed by atoms with Gasteiger partial charge in [0.1, 0.15) is 0 Å². The molecule has 1 radical (unpaired) electrons. The molecule has 67 valence electrons. The molecular weight excluding hydrogens is 260 g/mol. The predicted octanol–water partition coefficient (Wildman–Crippen LogP) is 3.00. The summed E-state index contributed by atoms with van der Waals surface area (Å²) < 4.78 is -1.42. The van der Waals surface area contributed by atoms with E-state index in [1.165, 1.54) is 0 Å². The molecule has 1 aromatic rings. The third-order valence-corrected chi connectivity index (χ3v) is 2.42. The van der Waals surface area contributed by atoms with Gasteiger partial charge < -0.3 is 5.73 Å². The van der Waals surface area contributed by atoms with Gasteiger partial charge in [0.05, 0.1) is 0 Å². The van der Waals surface area contributed by atoms with E-state index in [9.17, 15) is 0 Å². The van der Waals surface area contributed by atoms with Gasteiger partial charge in [-0.2, -0.15) is 0 Å². The van der Waals surface area contributed by atoms with Crippen molar-refractivity contribution >= 4 is 82.7 Å². The van der Waals surface area contributed by atoms with Gasteiger partial charge in [-0.25, -0.2) is 0 Å². The van der Waals surface area contributed by atoms with E-state index in [4.69, 9.17) is 40.5 Å². The number of alkyl halides is 3. The zero-order chi connectivity index (χ0) is 9.35. The summed E-state index contributed by atoms with van der Waals surface area (Å²) in [5, 5.41) is 0. The molecule has 1 rings (SSSR count). The minimum absolute atomic E-state index is 0. The number of nitrogen functional groups attached to an aromatic ring is 1. The molecule has 0 aliphatic rings. The minimum Gasteiger partial charge on any atom is -0.398 e. The van der Waals surface area contributed by atoms with E-state index >= 15 is 0 Å². The molecule has 0 heterocycles. The zero-order valence-electron chi connectivity index (χ0n) is 6.89. The third-order valence-electron chi connectivity index (χ3n) is 1.35. The zero-order valence-corrected chi connectivity index (χ0v) is 12.1. The first-order chi connectivity index (χ1) is 5.41. The van der Waals surface area contributed by atoms with Crippen molar-refractivity contribution < 1.29 is 0 Å². The summed E-state index contributed by atoms with van der Waals surface area (Å²) >= 11 is 21.0. The van der Waals surface area contributed by atoms with Crippen molar-refractivity contribution in [3.63, 3.8) is 0 Å². The average Bonchev–Trinajstić information content (AvgIpc) is 1.92. The maximum atomic E-state index is 5.63. The van der Waals surface area contributed by atoms with Crippen LogP contribution in [-0.2, 0) is 3.79 Å². The van der Waals surface area contributed by atoms with Crippen LogP contribution in [0.15, 0.2) is 23.1 Å². The van der Waals surface area contributed by atoms with Gasteiger partial charge in [-0.15, -0.1) is 12.6 Å². The smallest absolute Gasteiger partial charge is 0.216 e. The number of thiol groups is 1. The second kappa shape index (κ2) is 5.36. The van der Waals surface area contributed by atoms with Crippen molar-refractivity contribution in [1.82, 2.24) is 0 Å². The fraction of sp³-hybridized carbons (Fsp3) is 0.143. The molecule has 6 heteroatoms. The van der Waals surface area contributed by atoms with E-state index in [1.54, 1.807) is 18.2 Å². The monoisotopic (exact) mass is 264 g/mol. The number of anilines is 1. The molecule has 0 amide bonds. The predicted molar refractivity (Wildman–Crippen MR) is 63.1 cm³/mol. The van der Waals surface area contributed by atoms with Gasteiger partial charge in [-0.1, -0.05) is 40.9 Å². The topological polar surface area (TPSA) is 26.0 Å². The maximum Gasteiger partial charge on any atom is 0.216 e. The van der Waals surface area contributed by atoms with Gasteiger partial charge in [-0.05, 0) is 12.1 Å². The maximum absolute atomic E-state index is 5.63. The summed E-state index contributed by atoms with van der Waals surface area (Å²) in [5.41, 5.74) is 6.61. The Balaban J connectivity index is 0.00000144. The van der Waals surface area contributed by atoms with Gasteiger partial charge in [0.25, 0.3) is 0 Å². The Kier molecular flexibility index (Phi) is 5.87. The van der Waals surface area contributed by atoms with Crippen LogP contribution in [0.5, 0.6) is 0 Å². The number of nitrogens with two attached hydrogens (primary N) is 1. The quantitative estimate of drug-likeness (QED) is 0.321. The van der Waals surface area contributed by atoms with Crippen molar-refractivity contribution in [3.05, 3.63) is 23.8 Å². The van der Waals surface area contributed by atoms with E-state index in [-0.39, 0.29) is 29.6 Å². The SMILES string of the molecule is Nc1cc(C(Cl)(Cl)Cl)ccc1S.[Na]. The molecule has 0 atom stereocenters. The van der Waals surface area contributed by atoms with Gasteiger partial charge >= 0.3 is 0 Å². The van der Waals surface area contributed by atoms with Gasteiger partial charge in [0, 0.05) is 45.7 Å². The summed E-state index contributed by atoms with van der Waals surface area (Å²) in [7, 11) is 0. The molecular formula is C7H6Cl3NNaS. The van der Waals surface area contributed by atoms with E-state index in [2.05, 4.69) is 12.6 Å². The average molecular weight is 266 g/mol. The summed E-state index contributed by atoms with van der Waals surface area (Å²) in [6, 6.07) is 4.96. The van der Waals surface area contributed by atoms with Crippen LogP contribution in [-0.4, -0.2) is 29.6 Å². The fourth-order valence-corrected chi connectivity index (χ4v) is 1.22. The van der Waals surface area contributed by atoms with Crippen molar-refractivity contribution in [2.75, 3.05) is 5.73 Å². The van der Waals surface area contributed by atoms with Crippen molar-refractivity contribution in [2.24, 2.45) is 0 Å². The number of halogens is 3. The summed E-state index contributed by atoms with van der Waals surface area (Å²) in [6.07, 6.45) is 0. The van der Waals surface area contributed by atoms with Crippen molar-refractivity contribution in [3.8, 4) is 0 Å². The van der Waals surface area contributed by atoms with Crippen LogP contribution in [0.4, 0.5) is 5.69 Å². The second-order valence-electron chi connectivity index (χ2n) is 2.27. The molecule has 0 spiro atoms. The van der Waals surface area contributed by atoms with E-state index in [0.717, 1.165) is 0 Å². The Morgan fingerprint density at radius 2 is 1.77 bits per heavy atom. The number of hydrogen-bond donors (Lipinski definition) is 2. The van der Waals surface area contributed by atoms with Gasteiger partial charge in [0.2, 0.25) is 3.79 Å². The van der Waals surface area contributed by atoms with Crippen LogP contribution < -0.4 is 5.73 Å². The van der Waals surface area contributed by atoms with Crippen LogP contribution in [0, 0.1) is 0 Å². The Morgan fingerprint density at radius 3 is 2.15 bits per heavy atom. The van der Waals surface area contributed by atoms with Crippen LogP contribution in [0.25, 0.3) is 0 Å². The fourth-order valence-electron chi connectivity index (χ4n) is 0.731. The first-order valence-electron chi connectivity index (χ1n) is 3.07. The Morgan fingerprint density at radius 1 is 1.23 bits per heavy atom. The largest absolute Gasteiger partial charge is 0.398 e. The molecule has 0 aromatic heterocycles. The first-order valence-corrected chi connectivity index (χ1v) is 4.65. The molecule has 1 nitrogen and oxygen atoms in total. The number of hydrogen-bond acceptors (Lipinski definition) is 2. The normalized spacial score (nSPS) is 10.8. The van der Waals surface area contributed by atoms with Crippen molar-refractivity contribution in [2.45, 2.75) is 8.69 Å². The second-order valence-corrected chi connectivity index (χ2v) is 5.03.